The van der Waals surface area contributed by atoms with Crippen LogP contribution in [-0.4, -0.2) is 40.4 Å². The molecular formula is C28H34N2O5S2. The zero-order valence-corrected chi connectivity index (χ0v) is 22.8. The summed E-state index contributed by atoms with van der Waals surface area (Å²) in [5, 5.41) is 0. The predicted molar refractivity (Wildman–Crippen MR) is 144 cm³/mol. The van der Waals surface area contributed by atoms with Crippen LogP contribution in [-0.2, 0) is 37.9 Å². The molecule has 1 aliphatic heterocycles. The van der Waals surface area contributed by atoms with Gasteiger partial charge < -0.3 is 4.74 Å². The molecule has 0 bridgehead atoms. The van der Waals surface area contributed by atoms with Gasteiger partial charge in [0.05, 0.1) is 15.9 Å². The second-order valence-corrected chi connectivity index (χ2v) is 13.3. The molecule has 7 nitrogen and oxygen atoms in total. The van der Waals surface area contributed by atoms with E-state index in [-0.39, 0.29) is 35.5 Å². The fraction of sp³-hybridized carbons (Fsp3) is 0.357. The highest BCUT2D eigenvalue weighted by molar-refractivity contribution is 7.89. The molecule has 3 aromatic carbocycles. The summed E-state index contributed by atoms with van der Waals surface area (Å²) in [5.41, 5.74) is 2.90. The molecule has 1 heterocycles. The minimum absolute atomic E-state index is 0.0114. The molecule has 0 unspecified atom stereocenters. The highest BCUT2D eigenvalue weighted by atomic mass is 32.2. The maximum Gasteiger partial charge on any atom is 0.243 e. The zero-order chi connectivity index (χ0) is 26.5. The number of hydrogen-bond acceptors (Lipinski definition) is 5. The lowest BCUT2D eigenvalue weighted by Gasteiger charge is -2.25. The van der Waals surface area contributed by atoms with Crippen LogP contribution in [0.15, 0.2) is 88.7 Å². The molecule has 1 N–H and O–H groups in total. The Morgan fingerprint density at radius 2 is 1.51 bits per heavy atom. The Kier molecular flexibility index (Phi) is 8.82. The highest BCUT2D eigenvalue weighted by Gasteiger charge is 2.30. The Balaban J connectivity index is 1.53. The molecule has 37 heavy (non-hydrogen) atoms. The normalized spacial score (nSPS) is 16.5. The average molecular weight is 543 g/mol. The van der Waals surface area contributed by atoms with E-state index in [1.54, 1.807) is 0 Å². The Bertz CT molecular complexity index is 1370. The van der Waals surface area contributed by atoms with Crippen molar-refractivity contribution in [1.29, 1.82) is 0 Å². The van der Waals surface area contributed by atoms with Crippen LogP contribution >= 0.6 is 0 Å². The summed E-state index contributed by atoms with van der Waals surface area (Å²) >= 11 is 0. The minimum Gasteiger partial charge on any atom is -0.377 e. The topological polar surface area (TPSA) is 92.8 Å². The van der Waals surface area contributed by atoms with Crippen molar-refractivity contribution in [3.63, 3.8) is 0 Å². The Morgan fingerprint density at radius 1 is 0.865 bits per heavy atom. The molecule has 0 aliphatic carbocycles. The lowest BCUT2D eigenvalue weighted by atomic mass is 10.0. The first-order chi connectivity index (χ1) is 17.6. The van der Waals surface area contributed by atoms with E-state index in [1.807, 2.05) is 54.6 Å². The Hall–Kier alpha value is -2.56. The summed E-state index contributed by atoms with van der Waals surface area (Å²) < 4.78 is 62.6. The van der Waals surface area contributed by atoms with Crippen LogP contribution in [0.1, 0.15) is 49.3 Å². The van der Waals surface area contributed by atoms with E-state index in [0.29, 0.717) is 12.5 Å². The van der Waals surface area contributed by atoms with Gasteiger partial charge in [0.2, 0.25) is 20.0 Å². The van der Waals surface area contributed by atoms with Gasteiger partial charge in [-0.25, -0.2) is 21.6 Å². The van der Waals surface area contributed by atoms with Gasteiger partial charge in [0, 0.05) is 26.2 Å². The largest absolute Gasteiger partial charge is 0.377 e. The number of nitrogens with zero attached hydrogens (tertiary/aromatic N) is 1. The van der Waals surface area contributed by atoms with E-state index < -0.39 is 20.0 Å². The van der Waals surface area contributed by atoms with Gasteiger partial charge >= 0.3 is 0 Å². The third-order valence-corrected chi connectivity index (χ3v) is 9.76. The zero-order valence-electron chi connectivity index (χ0n) is 21.2. The van der Waals surface area contributed by atoms with E-state index in [2.05, 4.69) is 18.6 Å². The molecule has 0 amide bonds. The van der Waals surface area contributed by atoms with E-state index in [0.717, 1.165) is 24.0 Å². The number of nitrogens with one attached hydrogen (secondary N) is 1. The van der Waals surface area contributed by atoms with Gasteiger partial charge in [-0.2, -0.15) is 4.31 Å². The second kappa shape index (κ2) is 11.9. The molecule has 3 aromatic rings. The third-order valence-electron chi connectivity index (χ3n) is 6.52. The molecule has 1 saturated heterocycles. The molecule has 1 aliphatic rings. The molecule has 9 heteroatoms. The lowest BCUT2D eigenvalue weighted by Crippen LogP contribution is -2.37. The summed E-state index contributed by atoms with van der Waals surface area (Å²) in [4.78, 5) is 0.0589. The summed E-state index contributed by atoms with van der Waals surface area (Å²) in [6, 6.07) is 22.6. The van der Waals surface area contributed by atoms with E-state index in [9.17, 15) is 16.8 Å². The maximum absolute atomic E-state index is 13.7. The van der Waals surface area contributed by atoms with Crippen molar-refractivity contribution in [2.24, 2.45) is 0 Å². The van der Waals surface area contributed by atoms with Crippen molar-refractivity contribution in [3.8, 4) is 0 Å². The quantitative estimate of drug-likeness (QED) is 0.381. The molecule has 1 fully saturated rings. The van der Waals surface area contributed by atoms with Crippen molar-refractivity contribution in [2.45, 2.75) is 61.6 Å². The number of rotatable bonds is 11. The highest BCUT2D eigenvalue weighted by Crippen LogP contribution is 2.24. The molecule has 0 radical (unpaired) electrons. The van der Waals surface area contributed by atoms with E-state index in [4.69, 9.17) is 4.74 Å². The van der Waals surface area contributed by atoms with Crippen LogP contribution in [0.3, 0.4) is 0 Å². The average Bonchev–Trinajstić information content (AvgIpc) is 3.41. The van der Waals surface area contributed by atoms with Gasteiger partial charge in [-0.05, 0) is 59.7 Å². The summed E-state index contributed by atoms with van der Waals surface area (Å²) in [6.07, 6.45) is 1.55. The standard InChI is InChI=1S/C28H34N2O5S2/c1-22(2)25-12-10-24(11-13-25)20-30(21-26-9-6-18-35-26)37(33,34)28-16-14-27(15-17-28)36(31,32)29-19-23-7-4-3-5-8-23/h3-5,7-8,10-17,22,26,29H,6,9,18-21H2,1-2H3/t26-/m0/s1. The first kappa shape index (κ1) is 27.5. The fourth-order valence-corrected chi connectivity index (χ4v) is 6.75. The van der Waals surface area contributed by atoms with Gasteiger partial charge in [-0.1, -0.05) is 68.4 Å². The van der Waals surface area contributed by atoms with Crippen LogP contribution in [0.25, 0.3) is 0 Å². The van der Waals surface area contributed by atoms with Crippen LogP contribution < -0.4 is 4.72 Å². The van der Waals surface area contributed by atoms with Gasteiger partial charge in [0.1, 0.15) is 0 Å². The molecule has 0 aromatic heterocycles. The van der Waals surface area contributed by atoms with Gasteiger partial charge in [0.25, 0.3) is 0 Å². The third kappa shape index (κ3) is 7.06. The number of sulfonamides is 2. The van der Waals surface area contributed by atoms with Crippen molar-refractivity contribution in [2.75, 3.05) is 13.2 Å². The predicted octanol–water partition coefficient (Wildman–Crippen LogP) is 4.66. The van der Waals surface area contributed by atoms with E-state index in [1.165, 1.54) is 34.1 Å². The fourth-order valence-electron chi connectivity index (χ4n) is 4.27. The molecule has 0 spiro atoms. The Labute approximate surface area is 220 Å². The van der Waals surface area contributed by atoms with Gasteiger partial charge in [0.15, 0.2) is 0 Å². The molecule has 198 valence electrons. The van der Waals surface area contributed by atoms with Crippen molar-refractivity contribution >= 4 is 20.0 Å². The molecule has 1 atom stereocenters. The van der Waals surface area contributed by atoms with Gasteiger partial charge in [-0.15, -0.1) is 0 Å². The van der Waals surface area contributed by atoms with Crippen LogP contribution in [0.4, 0.5) is 0 Å². The molecule has 0 saturated carbocycles. The van der Waals surface area contributed by atoms with Gasteiger partial charge in [-0.3, -0.25) is 0 Å². The van der Waals surface area contributed by atoms with E-state index >= 15 is 0 Å². The van der Waals surface area contributed by atoms with Crippen molar-refractivity contribution in [1.82, 2.24) is 9.03 Å². The SMILES string of the molecule is CC(C)c1ccc(CN(C[C@@H]2CCCO2)S(=O)(=O)c2ccc(S(=O)(=O)NCc3ccccc3)cc2)cc1. The minimum atomic E-state index is -3.89. The maximum atomic E-state index is 13.7. The second-order valence-electron chi connectivity index (χ2n) is 9.61. The molecular weight excluding hydrogens is 508 g/mol. The summed E-state index contributed by atoms with van der Waals surface area (Å²) in [5.74, 6) is 0.387. The summed E-state index contributed by atoms with van der Waals surface area (Å²) in [7, 11) is -7.69. The first-order valence-corrected chi connectivity index (χ1v) is 15.4. The number of benzene rings is 3. The van der Waals surface area contributed by atoms with Crippen LogP contribution in [0, 0.1) is 0 Å². The van der Waals surface area contributed by atoms with Crippen molar-refractivity contribution in [3.05, 3.63) is 95.6 Å². The number of hydrogen-bond donors (Lipinski definition) is 1. The van der Waals surface area contributed by atoms with Crippen molar-refractivity contribution < 1.29 is 21.6 Å². The lowest BCUT2D eigenvalue weighted by molar-refractivity contribution is 0.0926. The number of ether oxygens (including phenoxy) is 1. The first-order valence-electron chi connectivity index (χ1n) is 12.5. The smallest absolute Gasteiger partial charge is 0.243 e. The van der Waals surface area contributed by atoms with Crippen LogP contribution in [0.5, 0.6) is 0 Å². The Morgan fingerprint density at radius 3 is 2.11 bits per heavy atom. The summed E-state index contributed by atoms with van der Waals surface area (Å²) in [6.45, 7) is 5.46. The monoisotopic (exact) mass is 542 g/mol. The van der Waals surface area contributed by atoms with Crippen LogP contribution in [0.2, 0.25) is 0 Å². The molecule has 4 rings (SSSR count).